The van der Waals surface area contributed by atoms with Crippen LogP contribution in [-0.2, 0) is 6.54 Å². The van der Waals surface area contributed by atoms with Gasteiger partial charge in [-0.25, -0.2) is 0 Å². The largest absolute Gasteiger partial charge is 0.355 e. The van der Waals surface area contributed by atoms with E-state index in [0.29, 0.717) is 6.04 Å². The zero-order valence-electron chi connectivity index (χ0n) is 9.28. The molecule has 0 saturated heterocycles. The lowest BCUT2D eigenvalue weighted by atomic mass is 10.6. The van der Waals surface area contributed by atoms with Crippen molar-refractivity contribution in [2.75, 3.05) is 13.6 Å². The third kappa shape index (κ3) is 3.52. The van der Waals surface area contributed by atoms with Crippen LogP contribution in [-0.4, -0.2) is 35.4 Å². The molecule has 0 amide bonds. The first-order valence-electron chi connectivity index (χ1n) is 5.43. The van der Waals surface area contributed by atoms with Crippen LogP contribution in [0.2, 0.25) is 0 Å². The second-order valence-corrected chi connectivity index (χ2v) is 4.75. The molecule has 88 valence electrons. The van der Waals surface area contributed by atoms with E-state index < -0.39 is 0 Å². The Balaban J connectivity index is 1.69. The summed E-state index contributed by atoms with van der Waals surface area (Å²) < 4.78 is 2.90. The van der Waals surface area contributed by atoms with Crippen molar-refractivity contribution >= 4 is 21.9 Å². The number of aliphatic imine (C=N–C) groups is 1. The van der Waals surface area contributed by atoms with E-state index in [4.69, 9.17) is 0 Å². The molecule has 0 atom stereocenters. The van der Waals surface area contributed by atoms with E-state index in [-0.39, 0.29) is 0 Å². The normalized spacial score (nSPS) is 16.2. The monoisotopic (exact) mass is 285 g/mol. The van der Waals surface area contributed by atoms with Crippen molar-refractivity contribution in [2.24, 2.45) is 4.99 Å². The number of guanidine groups is 1. The fourth-order valence-corrected chi connectivity index (χ4v) is 1.69. The minimum atomic E-state index is 0.630. The van der Waals surface area contributed by atoms with Gasteiger partial charge < -0.3 is 10.6 Å². The van der Waals surface area contributed by atoms with E-state index in [1.165, 1.54) is 12.8 Å². The second-order valence-electron chi connectivity index (χ2n) is 3.84. The Labute approximate surface area is 103 Å². The molecule has 2 N–H and O–H groups in total. The first-order chi connectivity index (χ1) is 7.78. The first kappa shape index (κ1) is 11.4. The summed E-state index contributed by atoms with van der Waals surface area (Å²) in [6, 6.07) is 0.630. The van der Waals surface area contributed by atoms with Gasteiger partial charge in [0, 0.05) is 25.8 Å². The molecule has 0 aliphatic heterocycles. The third-order valence-electron chi connectivity index (χ3n) is 2.38. The van der Waals surface area contributed by atoms with E-state index in [9.17, 15) is 0 Å². The van der Waals surface area contributed by atoms with Crippen LogP contribution in [0.4, 0.5) is 0 Å². The van der Waals surface area contributed by atoms with Crippen molar-refractivity contribution in [2.45, 2.75) is 25.4 Å². The smallest absolute Gasteiger partial charge is 0.191 e. The molecule has 16 heavy (non-hydrogen) atoms. The van der Waals surface area contributed by atoms with E-state index in [1.807, 2.05) is 10.9 Å². The van der Waals surface area contributed by atoms with Gasteiger partial charge in [-0.2, -0.15) is 5.10 Å². The number of hydrogen-bond acceptors (Lipinski definition) is 2. The number of hydrogen-bond donors (Lipinski definition) is 2. The molecule has 1 aromatic heterocycles. The summed E-state index contributed by atoms with van der Waals surface area (Å²) >= 11 is 3.37. The van der Waals surface area contributed by atoms with Crippen LogP contribution < -0.4 is 10.6 Å². The highest BCUT2D eigenvalue weighted by Gasteiger charge is 2.21. The number of halogens is 1. The Kier molecular flexibility index (Phi) is 3.82. The molecule has 1 aliphatic carbocycles. The molecule has 5 nitrogen and oxygen atoms in total. The minimum Gasteiger partial charge on any atom is -0.355 e. The van der Waals surface area contributed by atoms with Gasteiger partial charge in [0.15, 0.2) is 5.96 Å². The molecule has 0 aromatic carbocycles. The number of nitrogens with one attached hydrogen (secondary N) is 2. The molecule has 0 bridgehead atoms. The van der Waals surface area contributed by atoms with E-state index >= 15 is 0 Å². The highest BCUT2D eigenvalue weighted by molar-refractivity contribution is 9.10. The van der Waals surface area contributed by atoms with Gasteiger partial charge in [0.25, 0.3) is 0 Å². The topological polar surface area (TPSA) is 54.2 Å². The molecule has 1 saturated carbocycles. The summed E-state index contributed by atoms with van der Waals surface area (Å²) in [6.07, 6.45) is 6.26. The van der Waals surface area contributed by atoms with Gasteiger partial charge in [-0.15, -0.1) is 0 Å². The van der Waals surface area contributed by atoms with Crippen LogP contribution >= 0.6 is 15.9 Å². The molecule has 0 unspecified atom stereocenters. The maximum absolute atomic E-state index is 4.18. The van der Waals surface area contributed by atoms with Gasteiger partial charge in [0.1, 0.15) is 0 Å². The lowest BCUT2D eigenvalue weighted by molar-refractivity contribution is 0.597. The molecule has 1 fully saturated rings. The molecule has 1 aliphatic rings. The number of nitrogens with zero attached hydrogens (tertiary/aromatic N) is 3. The lowest BCUT2D eigenvalue weighted by Gasteiger charge is -2.10. The van der Waals surface area contributed by atoms with E-state index in [1.54, 1.807) is 13.2 Å². The Bertz CT molecular complexity index is 369. The molecule has 0 radical (unpaired) electrons. The van der Waals surface area contributed by atoms with E-state index in [0.717, 1.165) is 23.5 Å². The molecule has 0 spiro atoms. The summed E-state index contributed by atoms with van der Waals surface area (Å²) in [5, 5.41) is 10.8. The van der Waals surface area contributed by atoms with Gasteiger partial charge in [-0.05, 0) is 28.8 Å². The van der Waals surface area contributed by atoms with Crippen molar-refractivity contribution in [1.29, 1.82) is 0 Å². The third-order valence-corrected chi connectivity index (χ3v) is 2.79. The summed E-state index contributed by atoms with van der Waals surface area (Å²) in [5.74, 6) is 0.883. The number of aromatic nitrogens is 2. The summed E-state index contributed by atoms with van der Waals surface area (Å²) in [5.41, 5.74) is 0. The molecule has 1 aromatic rings. The maximum atomic E-state index is 4.18. The maximum Gasteiger partial charge on any atom is 0.191 e. The van der Waals surface area contributed by atoms with E-state index in [2.05, 4.69) is 36.7 Å². The molecule has 2 rings (SSSR count). The van der Waals surface area contributed by atoms with Gasteiger partial charge in [0.05, 0.1) is 17.2 Å². The van der Waals surface area contributed by atoms with Crippen LogP contribution in [0.3, 0.4) is 0 Å². The van der Waals surface area contributed by atoms with Crippen LogP contribution in [0, 0.1) is 0 Å². The Hall–Kier alpha value is -1.04. The quantitative estimate of drug-likeness (QED) is 0.640. The van der Waals surface area contributed by atoms with Crippen LogP contribution in [0.1, 0.15) is 12.8 Å². The Morgan fingerprint density at radius 3 is 3.06 bits per heavy atom. The van der Waals surface area contributed by atoms with Gasteiger partial charge in [-0.1, -0.05) is 0 Å². The highest BCUT2D eigenvalue weighted by Crippen LogP contribution is 2.18. The lowest BCUT2D eigenvalue weighted by Crippen LogP contribution is -2.39. The minimum absolute atomic E-state index is 0.630. The first-order valence-corrected chi connectivity index (χ1v) is 6.22. The average Bonchev–Trinajstić information content (AvgIpc) is 3.00. The SMILES string of the molecule is CN=C(NCCn1cc(Br)cn1)NC1CC1. The van der Waals surface area contributed by atoms with Crippen molar-refractivity contribution in [3.05, 3.63) is 16.9 Å². The zero-order chi connectivity index (χ0) is 11.4. The van der Waals surface area contributed by atoms with Crippen molar-refractivity contribution in [3.63, 3.8) is 0 Å². The summed E-state index contributed by atoms with van der Waals surface area (Å²) in [7, 11) is 1.79. The fraction of sp³-hybridized carbons (Fsp3) is 0.600. The summed E-state index contributed by atoms with van der Waals surface area (Å²) in [6.45, 7) is 1.65. The zero-order valence-corrected chi connectivity index (χ0v) is 10.9. The standard InChI is InChI=1S/C10H16BrN5/c1-12-10(15-9-2-3-9)13-4-5-16-7-8(11)6-14-16/h6-7,9H,2-5H2,1H3,(H2,12,13,15). The fourth-order valence-electron chi connectivity index (χ4n) is 1.37. The van der Waals surface area contributed by atoms with Crippen molar-refractivity contribution in [1.82, 2.24) is 20.4 Å². The molecular weight excluding hydrogens is 270 g/mol. The van der Waals surface area contributed by atoms with Crippen LogP contribution in [0.25, 0.3) is 0 Å². The van der Waals surface area contributed by atoms with Crippen molar-refractivity contribution in [3.8, 4) is 0 Å². The molecule has 6 heteroatoms. The van der Waals surface area contributed by atoms with Gasteiger partial charge in [-0.3, -0.25) is 9.67 Å². The molecule has 1 heterocycles. The predicted octanol–water partition coefficient (Wildman–Crippen LogP) is 0.973. The van der Waals surface area contributed by atoms with Gasteiger partial charge in [0.2, 0.25) is 0 Å². The second kappa shape index (κ2) is 5.34. The predicted molar refractivity (Wildman–Crippen MR) is 67.4 cm³/mol. The van der Waals surface area contributed by atoms with Gasteiger partial charge >= 0.3 is 0 Å². The van der Waals surface area contributed by atoms with Crippen molar-refractivity contribution < 1.29 is 0 Å². The highest BCUT2D eigenvalue weighted by atomic mass is 79.9. The Morgan fingerprint density at radius 1 is 1.69 bits per heavy atom. The van der Waals surface area contributed by atoms with Crippen LogP contribution in [0.5, 0.6) is 0 Å². The Morgan fingerprint density at radius 2 is 2.50 bits per heavy atom. The molecular formula is C10H16BrN5. The average molecular weight is 286 g/mol. The number of rotatable bonds is 4. The summed E-state index contributed by atoms with van der Waals surface area (Å²) in [4.78, 5) is 4.16. The van der Waals surface area contributed by atoms with Crippen LogP contribution in [0.15, 0.2) is 21.9 Å².